The largest absolute Gasteiger partial charge is 0.460 e. The molecule has 0 unspecified atom stereocenters. The molecule has 144 valence electrons. The Morgan fingerprint density at radius 1 is 0.708 bits per heavy atom. The van der Waals surface area contributed by atoms with Crippen molar-refractivity contribution in [2.24, 2.45) is 0 Å². The highest BCUT2D eigenvalue weighted by molar-refractivity contribution is 5.69. The van der Waals surface area contributed by atoms with Crippen molar-refractivity contribution in [1.29, 1.82) is 0 Å². The monoisotopic (exact) mass is 344 g/mol. The normalized spacial score (nSPS) is 11.2. The van der Waals surface area contributed by atoms with Gasteiger partial charge >= 0.3 is 5.97 Å². The summed E-state index contributed by atoms with van der Waals surface area (Å²) in [5, 5.41) is 0. The van der Waals surface area contributed by atoms with E-state index < -0.39 is 6.29 Å². The molecule has 0 amide bonds. The van der Waals surface area contributed by atoms with E-state index >= 15 is 0 Å². The second kappa shape index (κ2) is 18.7. The van der Waals surface area contributed by atoms with Crippen LogP contribution in [0.15, 0.2) is 0 Å². The molecule has 0 spiro atoms. The van der Waals surface area contributed by atoms with Crippen LogP contribution in [0.2, 0.25) is 0 Å². The van der Waals surface area contributed by atoms with Crippen LogP contribution in [0, 0.1) is 0 Å². The molecule has 0 aliphatic rings. The molecule has 4 nitrogen and oxygen atoms in total. The van der Waals surface area contributed by atoms with E-state index in [9.17, 15) is 4.79 Å². The van der Waals surface area contributed by atoms with Crippen molar-refractivity contribution in [3.8, 4) is 0 Å². The van der Waals surface area contributed by atoms with Gasteiger partial charge in [-0.15, -0.1) is 0 Å². The van der Waals surface area contributed by atoms with Gasteiger partial charge in [-0.3, -0.25) is 4.79 Å². The van der Waals surface area contributed by atoms with Crippen LogP contribution in [0.1, 0.15) is 97.8 Å². The van der Waals surface area contributed by atoms with Gasteiger partial charge in [0.25, 0.3) is 0 Å². The van der Waals surface area contributed by atoms with Gasteiger partial charge in [0.2, 0.25) is 0 Å². The number of rotatable bonds is 18. The Morgan fingerprint density at radius 2 is 1.17 bits per heavy atom. The van der Waals surface area contributed by atoms with E-state index in [-0.39, 0.29) is 12.6 Å². The van der Waals surface area contributed by atoms with Crippen molar-refractivity contribution < 1.29 is 19.0 Å². The molecule has 0 rings (SSSR count). The number of ether oxygens (including phenoxy) is 3. The molecule has 0 aromatic carbocycles. The molecule has 0 fully saturated rings. The third-order valence-corrected chi connectivity index (χ3v) is 4.07. The van der Waals surface area contributed by atoms with E-state index in [4.69, 9.17) is 14.2 Å². The molecule has 0 aromatic rings. The predicted molar refractivity (Wildman–Crippen MR) is 99.1 cm³/mol. The zero-order valence-corrected chi connectivity index (χ0v) is 16.3. The number of hydrogen-bond donors (Lipinski definition) is 0. The van der Waals surface area contributed by atoms with Gasteiger partial charge in [-0.1, -0.05) is 71.1 Å². The minimum atomic E-state index is -0.429. The number of carbonyl (C=O) groups is 1. The van der Waals surface area contributed by atoms with Crippen LogP contribution in [-0.4, -0.2) is 32.1 Å². The summed E-state index contributed by atoms with van der Waals surface area (Å²) in [7, 11) is 0. The molecule has 0 atom stereocenters. The Balaban J connectivity index is 3.36. The van der Waals surface area contributed by atoms with Crippen LogP contribution < -0.4 is 0 Å². The summed E-state index contributed by atoms with van der Waals surface area (Å²) in [6.07, 6.45) is 14.2. The average Bonchev–Trinajstić information content (AvgIpc) is 2.58. The van der Waals surface area contributed by atoms with E-state index in [1.54, 1.807) is 0 Å². The van der Waals surface area contributed by atoms with Crippen molar-refractivity contribution in [3.05, 3.63) is 0 Å². The fourth-order valence-corrected chi connectivity index (χ4v) is 2.68. The third-order valence-electron chi connectivity index (χ3n) is 4.07. The Labute approximate surface area is 149 Å². The highest BCUT2D eigenvalue weighted by atomic mass is 16.7. The topological polar surface area (TPSA) is 44.8 Å². The van der Waals surface area contributed by atoms with Gasteiger partial charge in [0.05, 0.1) is 0 Å². The molecule has 0 heterocycles. The second-order valence-corrected chi connectivity index (χ2v) is 6.31. The minimum Gasteiger partial charge on any atom is -0.460 e. The standard InChI is InChI=1S/C20H40O4/c1-4-7-8-9-10-11-12-13-14-15-16-17-19(21)24-18-20(22-5-2)23-6-3/h20H,4-18H2,1-3H3. The Morgan fingerprint density at radius 3 is 1.62 bits per heavy atom. The maximum Gasteiger partial charge on any atom is 0.305 e. The Bertz CT molecular complexity index is 262. The maximum absolute atomic E-state index is 11.7. The molecule has 0 radical (unpaired) electrons. The molecule has 0 N–H and O–H groups in total. The first-order chi connectivity index (χ1) is 11.7. The molecule has 0 aromatic heterocycles. The van der Waals surface area contributed by atoms with Crippen molar-refractivity contribution in [3.63, 3.8) is 0 Å². The molecule has 0 aliphatic heterocycles. The van der Waals surface area contributed by atoms with Crippen LogP contribution in [0.4, 0.5) is 0 Å². The van der Waals surface area contributed by atoms with E-state index in [1.807, 2.05) is 13.8 Å². The second-order valence-electron chi connectivity index (χ2n) is 6.31. The van der Waals surface area contributed by atoms with Gasteiger partial charge in [-0.05, 0) is 20.3 Å². The zero-order chi connectivity index (χ0) is 17.9. The zero-order valence-electron chi connectivity index (χ0n) is 16.3. The maximum atomic E-state index is 11.7. The lowest BCUT2D eigenvalue weighted by Gasteiger charge is -2.16. The number of esters is 1. The minimum absolute atomic E-state index is 0.143. The van der Waals surface area contributed by atoms with E-state index in [1.165, 1.54) is 57.8 Å². The Kier molecular flexibility index (Phi) is 18.2. The van der Waals surface area contributed by atoms with Crippen LogP contribution in [0.5, 0.6) is 0 Å². The van der Waals surface area contributed by atoms with Gasteiger partial charge in [0.1, 0.15) is 6.61 Å². The van der Waals surface area contributed by atoms with Gasteiger partial charge in [0, 0.05) is 19.6 Å². The van der Waals surface area contributed by atoms with Crippen LogP contribution in [0.25, 0.3) is 0 Å². The lowest BCUT2D eigenvalue weighted by Crippen LogP contribution is -2.25. The van der Waals surface area contributed by atoms with Crippen molar-refractivity contribution in [2.45, 2.75) is 104 Å². The first-order valence-corrected chi connectivity index (χ1v) is 10.1. The van der Waals surface area contributed by atoms with Crippen molar-refractivity contribution >= 4 is 5.97 Å². The molecular formula is C20H40O4. The van der Waals surface area contributed by atoms with Crippen molar-refractivity contribution in [2.75, 3.05) is 19.8 Å². The molecule has 4 heteroatoms. The highest BCUT2D eigenvalue weighted by Crippen LogP contribution is 2.12. The van der Waals surface area contributed by atoms with Gasteiger partial charge in [-0.25, -0.2) is 0 Å². The quantitative estimate of drug-likeness (QED) is 0.184. The first kappa shape index (κ1) is 23.4. The lowest BCUT2D eigenvalue weighted by molar-refractivity contribution is -0.179. The van der Waals surface area contributed by atoms with Gasteiger partial charge in [0.15, 0.2) is 6.29 Å². The summed E-state index contributed by atoms with van der Waals surface area (Å²) >= 11 is 0. The van der Waals surface area contributed by atoms with Crippen molar-refractivity contribution in [1.82, 2.24) is 0 Å². The lowest BCUT2D eigenvalue weighted by atomic mass is 10.1. The smallest absolute Gasteiger partial charge is 0.305 e. The molecule has 0 bridgehead atoms. The summed E-state index contributed by atoms with van der Waals surface area (Å²) in [6, 6.07) is 0. The van der Waals surface area contributed by atoms with E-state index in [0.29, 0.717) is 19.6 Å². The number of hydrogen-bond acceptors (Lipinski definition) is 4. The third kappa shape index (κ3) is 16.3. The summed E-state index contributed by atoms with van der Waals surface area (Å²) in [5.74, 6) is -0.143. The van der Waals surface area contributed by atoms with E-state index in [2.05, 4.69) is 6.92 Å². The summed E-state index contributed by atoms with van der Waals surface area (Å²) < 4.78 is 15.9. The van der Waals surface area contributed by atoms with Gasteiger partial charge in [-0.2, -0.15) is 0 Å². The summed E-state index contributed by atoms with van der Waals surface area (Å²) in [4.78, 5) is 11.7. The molecular weight excluding hydrogens is 304 g/mol. The van der Waals surface area contributed by atoms with Crippen LogP contribution in [0.3, 0.4) is 0 Å². The Hall–Kier alpha value is -0.610. The predicted octanol–water partition coefficient (Wildman–Crippen LogP) is 5.63. The molecule has 24 heavy (non-hydrogen) atoms. The van der Waals surface area contributed by atoms with Crippen LogP contribution >= 0.6 is 0 Å². The fourth-order valence-electron chi connectivity index (χ4n) is 2.68. The highest BCUT2D eigenvalue weighted by Gasteiger charge is 2.11. The molecule has 0 saturated heterocycles. The first-order valence-electron chi connectivity index (χ1n) is 10.1. The summed E-state index contributed by atoms with van der Waals surface area (Å²) in [5.41, 5.74) is 0. The fraction of sp³-hybridized carbons (Fsp3) is 0.950. The van der Waals surface area contributed by atoms with E-state index in [0.717, 1.165) is 12.8 Å². The van der Waals surface area contributed by atoms with Crippen LogP contribution in [-0.2, 0) is 19.0 Å². The van der Waals surface area contributed by atoms with Gasteiger partial charge < -0.3 is 14.2 Å². The average molecular weight is 345 g/mol. The molecule has 0 aliphatic carbocycles. The number of unbranched alkanes of at least 4 members (excludes halogenated alkanes) is 10. The number of carbonyl (C=O) groups excluding carboxylic acids is 1. The summed E-state index contributed by atoms with van der Waals surface area (Å²) in [6.45, 7) is 7.37. The SMILES string of the molecule is CCCCCCCCCCCCCC(=O)OCC(OCC)OCC. The molecule has 0 saturated carbocycles.